The van der Waals surface area contributed by atoms with E-state index in [0.29, 0.717) is 32.1 Å². The van der Waals surface area contributed by atoms with Crippen molar-refractivity contribution in [1.29, 1.82) is 0 Å². The van der Waals surface area contributed by atoms with Gasteiger partial charge >= 0.3 is 0 Å². The predicted octanol–water partition coefficient (Wildman–Crippen LogP) is 3.54. The molecule has 0 aliphatic carbocycles. The van der Waals surface area contributed by atoms with Crippen molar-refractivity contribution in [1.82, 2.24) is 4.90 Å². The number of benzene rings is 2. The Morgan fingerprint density at radius 1 is 1.04 bits per heavy atom. The third-order valence-corrected chi connectivity index (χ3v) is 5.30. The fourth-order valence-electron chi connectivity index (χ4n) is 3.90. The van der Waals surface area contributed by atoms with Gasteiger partial charge in [0.2, 0.25) is 5.76 Å². The van der Waals surface area contributed by atoms with Gasteiger partial charge in [0.25, 0.3) is 5.91 Å². The van der Waals surface area contributed by atoms with Crippen LogP contribution in [-0.4, -0.2) is 42.9 Å². The number of hydrogen-bond donors (Lipinski definition) is 0. The van der Waals surface area contributed by atoms with Crippen molar-refractivity contribution >= 4 is 22.5 Å². The number of piperidine rings is 1. The molecule has 5 heteroatoms. The van der Waals surface area contributed by atoms with Crippen LogP contribution in [0.15, 0.2) is 54.0 Å². The van der Waals surface area contributed by atoms with Crippen LogP contribution in [0.4, 0.5) is 0 Å². The van der Waals surface area contributed by atoms with E-state index in [-0.39, 0.29) is 23.4 Å². The average Bonchev–Trinajstić information content (AvgIpc) is 2.73. The molecule has 0 unspecified atom stereocenters. The number of carbonyl (C=O) groups is 2. The normalized spacial score (nSPS) is 20.2. The van der Waals surface area contributed by atoms with Gasteiger partial charge in [0, 0.05) is 24.6 Å². The number of carbonyl (C=O) groups excluding carboxylic acids is 2. The van der Waals surface area contributed by atoms with Crippen LogP contribution in [0, 0.1) is 5.92 Å². The molecule has 140 valence electrons. The zero-order chi connectivity index (χ0) is 18.8. The molecule has 1 saturated heterocycles. The van der Waals surface area contributed by atoms with E-state index in [1.54, 1.807) is 11.8 Å². The summed E-state index contributed by atoms with van der Waals surface area (Å²) in [4.78, 5) is 27.8. The number of ketones is 1. The van der Waals surface area contributed by atoms with Gasteiger partial charge < -0.3 is 14.4 Å². The maximum absolute atomic E-state index is 13.2. The summed E-state index contributed by atoms with van der Waals surface area (Å²) in [6.07, 6.45) is 1.60. The molecule has 2 aliphatic rings. The highest BCUT2D eigenvalue weighted by Crippen LogP contribution is 2.27. The first-order chi connectivity index (χ1) is 13.1. The molecule has 1 atom stereocenters. The van der Waals surface area contributed by atoms with Crippen LogP contribution < -0.4 is 0 Å². The van der Waals surface area contributed by atoms with Crippen LogP contribution >= 0.6 is 0 Å². The summed E-state index contributed by atoms with van der Waals surface area (Å²) in [7, 11) is 0. The van der Waals surface area contributed by atoms with Gasteiger partial charge in [-0.15, -0.1) is 0 Å². The summed E-state index contributed by atoms with van der Waals surface area (Å²) in [6.45, 7) is 3.64. The molecule has 0 bridgehead atoms. The van der Waals surface area contributed by atoms with Crippen molar-refractivity contribution < 1.29 is 19.1 Å². The summed E-state index contributed by atoms with van der Waals surface area (Å²) < 4.78 is 11.0. The molecule has 2 aliphatic heterocycles. The highest BCUT2D eigenvalue weighted by atomic mass is 16.6. The monoisotopic (exact) mass is 365 g/mol. The summed E-state index contributed by atoms with van der Waals surface area (Å²) in [5.41, 5.74) is 0.736. The largest absolute Gasteiger partial charge is 0.491 e. The lowest BCUT2D eigenvalue weighted by Gasteiger charge is -2.33. The Kier molecular flexibility index (Phi) is 4.84. The second kappa shape index (κ2) is 7.43. The van der Waals surface area contributed by atoms with E-state index >= 15 is 0 Å². The molecule has 0 saturated carbocycles. The first-order valence-corrected chi connectivity index (χ1v) is 9.43. The second-order valence-electron chi connectivity index (χ2n) is 7.06. The van der Waals surface area contributed by atoms with Crippen LogP contribution in [0.5, 0.6) is 0 Å². The molecule has 0 aromatic heterocycles. The number of nitrogens with zero attached hydrogens (tertiary/aromatic N) is 1. The number of likely N-dealkylation sites (tertiary alicyclic amines) is 1. The van der Waals surface area contributed by atoms with E-state index in [0.717, 1.165) is 29.2 Å². The molecule has 0 radical (unpaired) electrons. The summed E-state index contributed by atoms with van der Waals surface area (Å²) >= 11 is 0. The number of hydrogen-bond acceptors (Lipinski definition) is 4. The van der Waals surface area contributed by atoms with Crippen molar-refractivity contribution in [2.45, 2.75) is 19.8 Å². The third-order valence-electron chi connectivity index (χ3n) is 5.30. The lowest BCUT2D eigenvalue weighted by Crippen LogP contribution is -2.44. The van der Waals surface area contributed by atoms with E-state index in [1.165, 1.54) is 0 Å². The zero-order valence-electron chi connectivity index (χ0n) is 15.4. The summed E-state index contributed by atoms with van der Waals surface area (Å²) in [5.74, 6) is 0.533. The Bertz CT molecular complexity index is 912. The maximum Gasteiger partial charge on any atom is 0.292 e. The third kappa shape index (κ3) is 3.42. The number of amides is 1. The van der Waals surface area contributed by atoms with Gasteiger partial charge in [-0.3, -0.25) is 9.59 Å². The Morgan fingerprint density at radius 3 is 2.67 bits per heavy atom. The van der Waals surface area contributed by atoms with Gasteiger partial charge in [0.15, 0.2) is 5.78 Å². The van der Waals surface area contributed by atoms with Crippen LogP contribution in [0.25, 0.3) is 10.8 Å². The molecular weight excluding hydrogens is 342 g/mol. The van der Waals surface area contributed by atoms with Crippen LogP contribution in [0.2, 0.25) is 0 Å². The summed E-state index contributed by atoms with van der Waals surface area (Å²) in [6, 6.07) is 13.7. The molecule has 5 nitrogen and oxygen atoms in total. The lowest BCUT2D eigenvalue weighted by atomic mass is 9.88. The topological polar surface area (TPSA) is 55.8 Å². The minimum Gasteiger partial charge on any atom is -0.491 e. The van der Waals surface area contributed by atoms with Gasteiger partial charge in [-0.05, 0) is 30.5 Å². The zero-order valence-corrected chi connectivity index (χ0v) is 15.4. The van der Waals surface area contributed by atoms with Gasteiger partial charge in [0.1, 0.15) is 19.0 Å². The van der Waals surface area contributed by atoms with Crippen LogP contribution in [0.1, 0.15) is 30.1 Å². The van der Waals surface area contributed by atoms with Gasteiger partial charge in [-0.2, -0.15) is 0 Å². The second-order valence-corrected chi connectivity index (χ2v) is 7.06. The molecule has 2 heterocycles. The van der Waals surface area contributed by atoms with E-state index in [9.17, 15) is 9.59 Å². The number of allylic oxidation sites excluding steroid dienone is 1. The van der Waals surface area contributed by atoms with Crippen molar-refractivity contribution in [3.8, 4) is 0 Å². The van der Waals surface area contributed by atoms with Crippen LogP contribution in [0.3, 0.4) is 0 Å². The smallest absolute Gasteiger partial charge is 0.292 e. The number of rotatable bonds is 3. The molecule has 0 N–H and O–H groups in total. The first kappa shape index (κ1) is 17.6. The van der Waals surface area contributed by atoms with Gasteiger partial charge in [-0.25, -0.2) is 0 Å². The lowest BCUT2D eigenvalue weighted by molar-refractivity contribution is -0.134. The molecule has 1 amide bonds. The number of ether oxygens (including phenoxy) is 2. The molecule has 2 aromatic rings. The number of fused-ring (bicyclic) bond motifs is 1. The Morgan fingerprint density at radius 2 is 1.81 bits per heavy atom. The highest BCUT2D eigenvalue weighted by molar-refractivity contribution is 6.09. The summed E-state index contributed by atoms with van der Waals surface area (Å²) in [5, 5.41) is 2.02. The van der Waals surface area contributed by atoms with E-state index < -0.39 is 0 Å². The van der Waals surface area contributed by atoms with Gasteiger partial charge in [0.05, 0.1) is 0 Å². The van der Waals surface area contributed by atoms with Crippen molar-refractivity contribution in [3.63, 3.8) is 0 Å². The molecule has 4 rings (SSSR count). The Balaban J connectivity index is 1.56. The van der Waals surface area contributed by atoms with Gasteiger partial charge in [-0.1, -0.05) is 42.5 Å². The average molecular weight is 365 g/mol. The predicted molar refractivity (Wildman–Crippen MR) is 102 cm³/mol. The molecular formula is C22H23NO4. The minimum absolute atomic E-state index is 0.107. The molecule has 1 fully saturated rings. The maximum atomic E-state index is 13.2. The van der Waals surface area contributed by atoms with Crippen molar-refractivity contribution in [2.75, 3.05) is 26.3 Å². The van der Waals surface area contributed by atoms with E-state index in [4.69, 9.17) is 9.47 Å². The molecule has 0 spiro atoms. The van der Waals surface area contributed by atoms with E-state index in [1.807, 2.05) is 42.5 Å². The molecule has 2 aromatic carbocycles. The quantitative estimate of drug-likeness (QED) is 0.781. The van der Waals surface area contributed by atoms with Crippen molar-refractivity contribution in [3.05, 3.63) is 59.5 Å². The highest BCUT2D eigenvalue weighted by Gasteiger charge is 2.33. The van der Waals surface area contributed by atoms with Crippen molar-refractivity contribution in [2.24, 2.45) is 5.92 Å². The molecule has 27 heavy (non-hydrogen) atoms. The number of Topliss-reactive ketones (excluding diaryl/α,β-unsaturated/α-hetero) is 1. The first-order valence-electron chi connectivity index (χ1n) is 9.43. The van der Waals surface area contributed by atoms with Crippen LogP contribution in [-0.2, 0) is 14.3 Å². The minimum atomic E-state index is -0.195. The fourth-order valence-corrected chi connectivity index (χ4v) is 3.90. The Labute approximate surface area is 158 Å². The SMILES string of the molecule is CC1=C(C(=O)N2CCC[C@H](C(=O)c3cccc4ccccc34)C2)OCCO1. The Hall–Kier alpha value is -2.82. The standard InChI is InChI=1S/C22H23NO4/c1-15-21(27-13-12-26-15)22(25)23-11-5-8-17(14-23)20(24)19-10-4-7-16-6-2-3-9-18(16)19/h2-4,6-7,9-10,17H,5,8,11-14H2,1H3/t17-/m0/s1. The fraction of sp³-hybridized carbons (Fsp3) is 0.364. The van der Waals surface area contributed by atoms with E-state index in [2.05, 4.69) is 0 Å².